The molecule has 2 N–H and O–H groups in total. The molecule has 0 spiro atoms. The molecule has 0 saturated heterocycles. The van der Waals surface area contributed by atoms with Crippen LogP contribution in [-0.4, -0.2) is 20.9 Å². The maximum atomic E-state index is 13.0. The number of benzene rings is 1. The molecule has 2 aromatic rings. The van der Waals surface area contributed by atoms with Crippen molar-refractivity contribution >= 4 is 11.7 Å². The van der Waals surface area contributed by atoms with Gasteiger partial charge in [-0.15, -0.1) is 0 Å². The summed E-state index contributed by atoms with van der Waals surface area (Å²) in [7, 11) is 1.50. The van der Waals surface area contributed by atoms with Crippen LogP contribution in [0.5, 0.6) is 0 Å². The molecule has 1 aromatic heterocycles. The first-order valence-electron chi connectivity index (χ1n) is 5.41. The number of carboxylic acid groups (broad SMARTS) is 1. The molecule has 19 heavy (non-hydrogen) atoms. The van der Waals surface area contributed by atoms with Crippen molar-refractivity contribution in [3.63, 3.8) is 0 Å². The second-order valence-electron chi connectivity index (χ2n) is 3.97. The van der Waals surface area contributed by atoms with E-state index in [1.165, 1.54) is 30.1 Å². The van der Waals surface area contributed by atoms with Gasteiger partial charge in [0.25, 0.3) is 0 Å². The van der Waals surface area contributed by atoms with E-state index in [9.17, 15) is 13.6 Å². The van der Waals surface area contributed by atoms with Gasteiger partial charge in [-0.25, -0.2) is 13.6 Å². The zero-order valence-electron chi connectivity index (χ0n) is 10.0. The Balaban J connectivity index is 2.17. The highest BCUT2D eigenvalue weighted by Crippen LogP contribution is 2.16. The molecular formula is C12H11F2N3O2. The number of aromatic nitrogens is 2. The van der Waals surface area contributed by atoms with Gasteiger partial charge < -0.3 is 10.4 Å². The molecule has 0 unspecified atom stereocenters. The first kappa shape index (κ1) is 13.0. The van der Waals surface area contributed by atoms with E-state index < -0.39 is 17.6 Å². The lowest BCUT2D eigenvalue weighted by Crippen LogP contribution is -2.09. The van der Waals surface area contributed by atoms with Crippen LogP contribution in [0.3, 0.4) is 0 Å². The maximum absolute atomic E-state index is 13.0. The standard InChI is InChI=1S/C12H11F2N3O2/c1-17-11(12(18)19)10(6-16-17)15-5-7-2-8(13)4-9(14)3-7/h2-4,6,15H,5H2,1H3,(H,18,19). The first-order chi connectivity index (χ1) is 8.97. The highest BCUT2D eigenvalue weighted by Gasteiger charge is 2.15. The Morgan fingerprint density at radius 2 is 2.00 bits per heavy atom. The number of nitrogens with zero attached hydrogens (tertiary/aromatic N) is 2. The largest absolute Gasteiger partial charge is 0.476 e. The highest BCUT2D eigenvalue weighted by molar-refractivity contribution is 5.92. The van der Waals surface area contributed by atoms with E-state index in [0.29, 0.717) is 11.3 Å². The quantitative estimate of drug-likeness (QED) is 0.889. The Kier molecular flexibility index (Phi) is 3.46. The van der Waals surface area contributed by atoms with Gasteiger partial charge in [0.1, 0.15) is 11.6 Å². The lowest BCUT2D eigenvalue weighted by Gasteiger charge is -2.06. The summed E-state index contributed by atoms with van der Waals surface area (Å²) in [6.07, 6.45) is 1.35. The molecule has 0 aliphatic carbocycles. The van der Waals surface area contributed by atoms with E-state index in [-0.39, 0.29) is 12.2 Å². The first-order valence-corrected chi connectivity index (χ1v) is 5.41. The molecule has 0 atom stereocenters. The van der Waals surface area contributed by atoms with Crippen molar-refractivity contribution in [2.75, 3.05) is 5.32 Å². The van der Waals surface area contributed by atoms with Crippen molar-refractivity contribution < 1.29 is 18.7 Å². The third-order valence-corrected chi connectivity index (χ3v) is 2.55. The Morgan fingerprint density at radius 1 is 1.37 bits per heavy atom. The van der Waals surface area contributed by atoms with Gasteiger partial charge in [-0.1, -0.05) is 0 Å². The van der Waals surface area contributed by atoms with Crippen LogP contribution in [-0.2, 0) is 13.6 Å². The molecule has 0 saturated carbocycles. The number of hydrogen-bond donors (Lipinski definition) is 2. The summed E-state index contributed by atoms with van der Waals surface area (Å²) >= 11 is 0. The second-order valence-corrected chi connectivity index (χ2v) is 3.97. The summed E-state index contributed by atoms with van der Waals surface area (Å²) in [6.45, 7) is 0.0979. The third kappa shape index (κ3) is 2.87. The summed E-state index contributed by atoms with van der Waals surface area (Å²) < 4.78 is 27.2. The van der Waals surface area contributed by atoms with Gasteiger partial charge in [-0.3, -0.25) is 4.68 Å². The smallest absolute Gasteiger partial charge is 0.356 e. The molecule has 2 rings (SSSR count). The van der Waals surface area contributed by atoms with Crippen molar-refractivity contribution in [1.82, 2.24) is 9.78 Å². The van der Waals surface area contributed by atoms with Gasteiger partial charge >= 0.3 is 5.97 Å². The van der Waals surface area contributed by atoms with Crippen molar-refractivity contribution in [2.45, 2.75) is 6.54 Å². The number of hydrogen-bond acceptors (Lipinski definition) is 3. The van der Waals surface area contributed by atoms with E-state index >= 15 is 0 Å². The molecule has 0 bridgehead atoms. The van der Waals surface area contributed by atoms with Crippen LogP contribution < -0.4 is 5.32 Å². The molecule has 0 radical (unpaired) electrons. The molecular weight excluding hydrogens is 256 g/mol. The van der Waals surface area contributed by atoms with E-state index in [1.54, 1.807) is 0 Å². The van der Waals surface area contributed by atoms with Gasteiger partial charge in [-0.2, -0.15) is 5.10 Å². The minimum Gasteiger partial charge on any atom is -0.476 e. The van der Waals surface area contributed by atoms with Gasteiger partial charge in [0.05, 0.1) is 11.9 Å². The summed E-state index contributed by atoms with van der Waals surface area (Å²) in [5.74, 6) is -2.49. The van der Waals surface area contributed by atoms with E-state index in [4.69, 9.17) is 5.11 Å². The normalized spacial score (nSPS) is 10.5. The van der Waals surface area contributed by atoms with Crippen LogP contribution in [0.15, 0.2) is 24.4 Å². The number of aromatic carboxylic acids is 1. The van der Waals surface area contributed by atoms with Crippen LogP contribution in [0.1, 0.15) is 16.1 Å². The minimum atomic E-state index is -1.13. The van der Waals surface area contributed by atoms with E-state index in [2.05, 4.69) is 10.4 Å². The van der Waals surface area contributed by atoms with Gasteiger partial charge in [0.2, 0.25) is 0 Å². The SMILES string of the molecule is Cn1ncc(NCc2cc(F)cc(F)c2)c1C(=O)O. The third-order valence-electron chi connectivity index (χ3n) is 2.55. The highest BCUT2D eigenvalue weighted by atomic mass is 19.1. The average molecular weight is 267 g/mol. The number of nitrogens with one attached hydrogen (secondary N) is 1. The Labute approximate surface area is 107 Å². The summed E-state index contributed by atoms with van der Waals surface area (Å²) in [6, 6.07) is 3.12. The average Bonchev–Trinajstić information content (AvgIpc) is 2.66. The number of carbonyl (C=O) groups is 1. The number of rotatable bonds is 4. The van der Waals surface area contributed by atoms with Crippen molar-refractivity contribution in [2.24, 2.45) is 7.05 Å². The predicted octanol–water partition coefficient (Wildman–Crippen LogP) is 2.01. The zero-order valence-corrected chi connectivity index (χ0v) is 10.0. The molecule has 100 valence electrons. The molecule has 0 amide bonds. The molecule has 5 nitrogen and oxygen atoms in total. The lowest BCUT2D eigenvalue weighted by atomic mass is 10.2. The van der Waals surface area contributed by atoms with Crippen LogP contribution >= 0.6 is 0 Å². The number of carboxylic acids is 1. The fourth-order valence-corrected chi connectivity index (χ4v) is 1.73. The molecule has 1 aromatic carbocycles. The molecule has 1 heterocycles. The van der Waals surface area contributed by atoms with Crippen molar-refractivity contribution in [1.29, 1.82) is 0 Å². The fourth-order valence-electron chi connectivity index (χ4n) is 1.73. The fraction of sp³-hybridized carbons (Fsp3) is 0.167. The predicted molar refractivity (Wildman–Crippen MR) is 63.9 cm³/mol. The monoisotopic (exact) mass is 267 g/mol. The number of anilines is 1. The molecule has 0 aliphatic heterocycles. The Morgan fingerprint density at radius 3 is 2.58 bits per heavy atom. The van der Waals surface area contributed by atoms with E-state index in [0.717, 1.165) is 6.07 Å². The summed E-state index contributed by atoms with van der Waals surface area (Å²) in [5, 5.41) is 15.6. The van der Waals surface area contributed by atoms with Crippen LogP contribution in [0.4, 0.5) is 14.5 Å². The summed E-state index contributed by atoms with van der Waals surface area (Å²) in [4.78, 5) is 11.0. The van der Waals surface area contributed by atoms with Crippen LogP contribution in [0.2, 0.25) is 0 Å². The Bertz CT molecular complexity index is 605. The van der Waals surface area contributed by atoms with Crippen LogP contribution in [0.25, 0.3) is 0 Å². The molecule has 0 fully saturated rings. The van der Waals surface area contributed by atoms with Gasteiger partial charge in [-0.05, 0) is 17.7 Å². The second kappa shape index (κ2) is 5.05. The van der Waals surface area contributed by atoms with Gasteiger partial charge in [0, 0.05) is 19.7 Å². The number of aryl methyl sites for hydroxylation is 1. The van der Waals surface area contributed by atoms with Crippen molar-refractivity contribution in [3.05, 3.63) is 47.3 Å². The Hall–Kier alpha value is -2.44. The topological polar surface area (TPSA) is 67.2 Å². The number of halogens is 2. The molecule has 0 aliphatic rings. The van der Waals surface area contributed by atoms with Crippen LogP contribution in [0, 0.1) is 11.6 Å². The maximum Gasteiger partial charge on any atom is 0.356 e. The molecule has 7 heteroatoms. The van der Waals surface area contributed by atoms with Gasteiger partial charge in [0.15, 0.2) is 5.69 Å². The minimum absolute atomic E-state index is 0.0168. The van der Waals surface area contributed by atoms with Crippen molar-refractivity contribution in [3.8, 4) is 0 Å². The zero-order chi connectivity index (χ0) is 14.0. The lowest BCUT2D eigenvalue weighted by molar-refractivity contribution is 0.0686. The summed E-state index contributed by atoms with van der Waals surface area (Å²) in [5.41, 5.74) is 0.647. The van der Waals surface area contributed by atoms with E-state index in [1.807, 2.05) is 0 Å².